The summed E-state index contributed by atoms with van der Waals surface area (Å²) in [6.07, 6.45) is -0.545. The molecule has 1 rings (SSSR count). The summed E-state index contributed by atoms with van der Waals surface area (Å²) in [6, 6.07) is 8.06. The molecule has 1 aromatic carbocycles. The first-order valence-electron chi connectivity index (χ1n) is 6.82. The zero-order valence-electron chi connectivity index (χ0n) is 12.8. The van der Waals surface area contributed by atoms with Gasteiger partial charge in [-0.25, -0.2) is 0 Å². The van der Waals surface area contributed by atoms with Gasteiger partial charge in [0.05, 0.1) is 25.4 Å². The zero-order chi connectivity index (χ0) is 15.0. The molecule has 0 saturated heterocycles. The van der Waals surface area contributed by atoms with Crippen LogP contribution in [0.1, 0.15) is 6.92 Å². The first kappa shape index (κ1) is 16.8. The predicted molar refractivity (Wildman–Crippen MR) is 82.6 cm³/mol. The number of methoxy groups -OCH3 is 1. The maximum Gasteiger partial charge on any atom is 0.0945 e. The molecule has 20 heavy (non-hydrogen) atoms. The molecule has 0 aliphatic heterocycles. The normalized spacial score (nSPS) is 13.8. The van der Waals surface area contributed by atoms with Crippen molar-refractivity contribution < 1.29 is 14.6 Å². The van der Waals surface area contributed by atoms with Crippen molar-refractivity contribution in [3.63, 3.8) is 0 Å². The summed E-state index contributed by atoms with van der Waals surface area (Å²) in [5, 5.41) is 13.0. The third kappa shape index (κ3) is 6.23. The summed E-state index contributed by atoms with van der Waals surface area (Å²) in [5.74, 6) is 0. The smallest absolute Gasteiger partial charge is 0.0945 e. The SMILES string of the molecule is COCC(C)OCC(O)CNc1ccc(N(C)C)cc1. The maximum absolute atomic E-state index is 9.83. The number of aliphatic hydroxyl groups excluding tert-OH is 1. The number of rotatable bonds is 9. The number of anilines is 2. The number of nitrogens with one attached hydrogen (secondary N) is 1. The Bertz CT molecular complexity index is 368. The van der Waals surface area contributed by atoms with Crippen LogP contribution in [0.25, 0.3) is 0 Å². The van der Waals surface area contributed by atoms with Gasteiger partial charge >= 0.3 is 0 Å². The number of hydrogen-bond acceptors (Lipinski definition) is 5. The summed E-state index contributed by atoms with van der Waals surface area (Å²) in [5.41, 5.74) is 2.13. The first-order valence-corrected chi connectivity index (χ1v) is 6.82. The topological polar surface area (TPSA) is 54.0 Å². The summed E-state index contributed by atoms with van der Waals surface area (Å²) in [4.78, 5) is 2.05. The Kier molecular flexibility index (Phi) is 7.36. The van der Waals surface area contributed by atoms with Gasteiger partial charge in [0.15, 0.2) is 0 Å². The van der Waals surface area contributed by atoms with Crippen molar-refractivity contribution in [2.45, 2.75) is 19.1 Å². The van der Waals surface area contributed by atoms with E-state index in [4.69, 9.17) is 9.47 Å². The fourth-order valence-corrected chi connectivity index (χ4v) is 1.73. The van der Waals surface area contributed by atoms with Gasteiger partial charge in [0, 0.05) is 39.1 Å². The van der Waals surface area contributed by atoms with Crippen LogP contribution in [0.15, 0.2) is 24.3 Å². The average molecular weight is 282 g/mol. The van der Waals surface area contributed by atoms with Crippen LogP contribution in [0, 0.1) is 0 Å². The van der Waals surface area contributed by atoms with E-state index in [2.05, 4.69) is 5.32 Å². The monoisotopic (exact) mass is 282 g/mol. The third-order valence-corrected chi connectivity index (χ3v) is 2.90. The van der Waals surface area contributed by atoms with Crippen LogP contribution in [-0.2, 0) is 9.47 Å². The molecule has 114 valence electrons. The lowest BCUT2D eigenvalue weighted by Crippen LogP contribution is -2.28. The largest absolute Gasteiger partial charge is 0.389 e. The number of nitrogens with zero attached hydrogens (tertiary/aromatic N) is 1. The number of aliphatic hydroxyl groups is 1. The Hall–Kier alpha value is -1.30. The molecule has 0 spiro atoms. The minimum absolute atomic E-state index is 0.00553. The van der Waals surface area contributed by atoms with Crippen LogP contribution >= 0.6 is 0 Å². The standard InChI is InChI=1S/C15H26N2O3/c1-12(10-19-4)20-11-15(18)9-16-13-5-7-14(8-6-13)17(2)3/h5-8,12,15-16,18H,9-11H2,1-4H3. The van der Waals surface area contributed by atoms with Crippen molar-refractivity contribution >= 4 is 11.4 Å². The Labute approximate surface area is 121 Å². The highest BCUT2D eigenvalue weighted by atomic mass is 16.5. The molecule has 2 atom stereocenters. The van der Waals surface area contributed by atoms with Gasteiger partial charge in [-0.1, -0.05) is 0 Å². The van der Waals surface area contributed by atoms with Gasteiger partial charge in [0.1, 0.15) is 0 Å². The molecule has 0 aromatic heterocycles. The second-order valence-electron chi connectivity index (χ2n) is 5.08. The lowest BCUT2D eigenvalue weighted by molar-refractivity contribution is -0.0282. The molecule has 0 bridgehead atoms. The van der Waals surface area contributed by atoms with E-state index in [1.165, 1.54) is 0 Å². The number of ether oxygens (including phenoxy) is 2. The molecular weight excluding hydrogens is 256 g/mol. The molecule has 1 aromatic rings. The lowest BCUT2D eigenvalue weighted by Gasteiger charge is -2.17. The summed E-state index contributed by atoms with van der Waals surface area (Å²) >= 11 is 0. The van der Waals surface area contributed by atoms with E-state index in [1.54, 1.807) is 7.11 Å². The Morgan fingerprint density at radius 1 is 1.20 bits per heavy atom. The molecule has 0 fully saturated rings. The average Bonchev–Trinajstić information content (AvgIpc) is 2.43. The molecule has 2 unspecified atom stereocenters. The van der Waals surface area contributed by atoms with Crippen molar-refractivity contribution in [3.8, 4) is 0 Å². The molecule has 0 radical (unpaired) electrons. The molecule has 0 amide bonds. The second-order valence-corrected chi connectivity index (χ2v) is 5.08. The van der Waals surface area contributed by atoms with Gasteiger partial charge in [-0.3, -0.25) is 0 Å². The van der Waals surface area contributed by atoms with Gasteiger partial charge in [0.25, 0.3) is 0 Å². The van der Waals surface area contributed by atoms with Gasteiger partial charge in [-0.05, 0) is 31.2 Å². The van der Waals surface area contributed by atoms with Crippen LogP contribution in [0.3, 0.4) is 0 Å². The van der Waals surface area contributed by atoms with Crippen LogP contribution in [0.5, 0.6) is 0 Å². The first-order chi connectivity index (χ1) is 9.52. The van der Waals surface area contributed by atoms with Crippen molar-refractivity contribution in [3.05, 3.63) is 24.3 Å². The van der Waals surface area contributed by atoms with Crippen molar-refractivity contribution in [1.82, 2.24) is 0 Å². The third-order valence-electron chi connectivity index (χ3n) is 2.90. The number of hydrogen-bond donors (Lipinski definition) is 2. The minimum Gasteiger partial charge on any atom is -0.389 e. The van der Waals surface area contributed by atoms with E-state index >= 15 is 0 Å². The van der Waals surface area contributed by atoms with E-state index in [1.807, 2.05) is 50.2 Å². The second kappa shape index (κ2) is 8.79. The minimum atomic E-state index is -0.539. The summed E-state index contributed by atoms with van der Waals surface area (Å²) in [7, 11) is 5.64. The zero-order valence-corrected chi connectivity index (χ0v) is 12.8. The molecule has 0 saturated carbocycles. The van der Waals surface area contributed by atoms with Crippen molar-refractivity contribution in [1.29, 1.82) is 0 Å². The van der Waals surface area contributed by atoms with Gasteiger partial charge in [-0.15, -0.1) is 0 Å². The number of benzene rings is 1. The van der Waals surface area contributed by atoms with Crippen molar-refractivity contribution in [2.75, 3.05) is 51.2 Å². The van der Waals surface area contributed by atoms with Crippen LogP contribution in [-0.4, -0.2) is 58.3 Å². The highest BCUT2D eigenvalue weighted by molar-refractivity contribution is 5.54. The van der Waals surface area contributed by atoms with Crippen LogP contribution < -0.4 is 10.2 Å². The Morgan fingerprint density at radius 3 is 2.40 bits per heavy atom. The van der Waals surface area contributed by atoms with E-state index in [9.17, 15) is 5.11 Å². The quantitative estimate of drug-likeness (QED) is 0.720. The Balaban J connectivity index is 2.28. The lowest BCUT2D eigenvalue weighted by atomic mass is 10.2. The van der Waals surface area contributed by atoms with Gasteiger partial charge in [-0.2, -0.15) is 0 Å². The van der Waals surface area contributed by atoms with Crippen molar-refractivity contribution in [2.24, 2.45) is 0 Å². The summed E-state index contributed by atoms with van der Waals surface area (Å²) < 4.78 is 10.4. The molecular formula is C15H26N2O3. The predicted octanol–water partition coefficient (Wildman–Crippen LogP) is 1.58. The van der Waals surface area contributed by atoms with E-state index in [-0.39, 0.29) is 6.10 Å². The molecule has 2 N–H and O–H groups in total. The maximum atomic E-state index is 9.83. The fourth-order valence-electron chi connectivity index (χ4n) is 1.73. The molecule has 0 heterocycles. The molecule has 0 aliphatic rings. The fraction of sp³-hybridized carbons (Fsp3) is 0.600. The van der Waals surface area contributed by atoms with E-state index in [0.29, 0.717) is 19.8 Å². The van der Waals surface area contributed by atoms with Crippen LogP contribution in [0.4, 0.5) is 11.4 Å². The van der Waals surface area contributed by atoms with Gasteiger partial charge in [0.2, 0.25) is 0 Å². The van der Waals surface area contributed by atoms with E-state index in [0.717, 1.165) is 11.4 Å². The van der Waals surface area contributed by atoms with Crippen LogP contribution in [0.2, 0.25) is 0 Å². The Morgan fingerprint density at radius 2 is 1.85 bits per heavy atom. The van der Waals surface area contributed by atoms with E-state index < -0.39 is 6.10 Å². The molecule has 0 aliphatic carbocycles. The highest BCUT2D eigenvalue weighted by Crippen LogP contribution is 2.15. The molecule has 5 heteroatoms. The van der Waals surface area contributed by atoms with Gasteiger partial charge < -0.3 is 24.8 Å². The molecule has 5 nitrogen and oxygen atoms in total. The highest BCUT2D eigenvalue weighted by Gasteiger charge is 2.08. The summed E-state index contributed by atoms with van der Waals surface area (Å²) in [6.45, 7) is 3.21.